The highest BCUT2D eigenvalue weighted by molar-refractivity contribution is 7.69. The summed E-state index contributed by atoms with van der Waals surface area (Å²) in [6, 6.07) is 0. The van der Waals surface area contributed by atoms with E-state index in [1.54, 1.807) is 0 Å². The zero-order chi connectivity index (χ0) is 8.27. The molecule has 5 heteroatoms. The van der Waals surface area contributed by atoms with Crippen LogP contribution in [0.2, 0.25) is 0 Å². The predicted molar refractivity (Wildman–Crippen MR) is 41.9 cm³/mol. The first-order valence-corrected chi connectivity index (χ1v) is 4.88. The maximum absolute atomic E-state index is 10.5. The number of rotatable bonds is 2. The molecule has 66 valence electrons. The molecule has 1 saturated heterocycles. The molecule has 1 atom stereocenters. The van der Waals surface area contributed by atoms with E-state index in [1.807, 2.05) is 6.92 Å². The molecule has 1 unspecified atom stereocenters. The molecule has 1 aliphatic heterocycles. The fraction of sp³-hybridized carbons (Fsp3) is 1.00. The standard InChI is InChI=1S/C6H13NO3S/c1-2-6-5-7(11(8)9)3-4-10-6/h6,11H,2-5H2,1H3. The van der Waals surface area contributed by atoms with Crippen molar-refractivity contribution in [3.63, 3.8) is 0 Å². The monoisotopic (exact) mass is 179 g/mol. The van der Waals surface area contributed by atoms with Gasteiger partial charge in [0.25, 0.3) is 0 Å². The topological polar surface area (TPSA) is 46.6 Å². The van der Waals surface area contributed by atoms with Crippen LogP contribution in [-0.4, -0.2) is 38.5 Å². The van der Waals surface area contributed by atoms with Crippen LogP contribution in [-0.2, 0) is 15.6 Å². The van der Waals surface area contributed by atoms with Crippen molar-refractivity contribution in [1.82, 2.24) is 4.31 Å². The highest BCUT2D eigenvalue weighted by Crippen LogP contribution is 2.07. The summed E-state index contributed by atoms with van der Waals surface area (Å²) in [4.78, 5) is 0. The van der Waals surface area contributed by atoms with Crippen molar-refractivity contribution in [1.29, 1.82) is 0 Å². The second kappa shape index (κ2) is 4.04. The van der Waals surface area contributed by atoms with Gasteiger partial charge in [-0.3, -0.25) is 0 Å². The molecule has 0 saturated carbocycles. The van der Waals surface area contributed by atoms with Crippen LogP contribution in [0.15, 0.2) is 0 Å². The molecule has 4 nitrogen and oxygen atoms in total. The van der Waals surface area contributed by atoms with E-state index >= 15 is 0 Å². The van der Waals surface area contributed by atoms with Gasteiger partial charge >= 0.3 is 0 Å². The van der Waals surface area contributed by atoms with E-state index < -0.39 is 10.9 Å². The summed E-state index contributed by atoms with van der Waals surface area (Å²) in [7, 11) is -2.40. The zero-order valence-electron chi connectivity index (χ0n) is 6.52. The van der Waals surface area contributed by atoms with E-state index in [-0.39, 0.29) is 6.10 Å². The molecule has 0 radical (unpaired) electrons. The van der Waals surface area contributed by atoms with Crippen molar-refractivity contribution in [2.24, 2.45) is 0 Å². The van der Waals surface area contributed by atoms with Crippen LogP contribution >= 0.6 is 0 Å². The molecule has 0 amide bonds. The first kappa shape index (κ1) is 8.96. The Labute approximate surface area is 68.2 Å². The van der Waals surface area contributed by atoms with Crippen LogP contribution in [0.25, 0.3) is 0 Å². The van der Waals surface area contributed by atoms with E-state index in [0.717, 1.165) is 6.42 Å². The van der Waals surface area contributed by atoms with Crippen molar-refractivity contribution in [3.05, 3.63) is 0 Å². The first-order chi connectivity index (χ1) is 5.24. The van der Waals surface area contributed by atoms with Crippen LogP contribution < -0.4 is 0 Å². The minimum absolute atomic E-state index is 0.0941. The Kier molecular flexibility index (Phi) is 3.29. The van der Waals surface area contributed by atoms with Crippen LogP contribution in [0.4, 0.5) is 0 Å². The lowest BCUT2D eigenvalue weighted by atomic mass is 10.2. The lowest BCUT2D eigenvalue weighted by Gasteiger charge is -2.27. The molecule has 0 aliphatic carbocycles. The zero-order valence-corrected chi connectivity index (χ0v) is 7.42. The van der Waals surface area contributed by atoms with Crippen LogP contribution in [0.1, 0.15) is 13.3 Å². The lowest BCUT2D eigenvalue weighted by Crippen LogP contribution is -2.41. The average molecular weight is 179 g/mol. The maximum Gasteiger partial charge on any atom is 0.204 e. The van der Waals surface area contributed by atoms with Gasteiger partial charge in [0.2, 0.25) is 10.9 Å². The number of morpholine rings is 1. The van der Waals surface area contributed by atoms with Crippen LogP contribution in [0.3, 0.4) is 0 Å². The Bertz CT molecular complexity index is 184. The third-order valence-corrected chi connectivity index (χ3v) is 2.63. The summed E-state index contributed by atoms with van der Waals surface area (Å²) >= 11 is 0. The summed E-state index contributed by atoms with van der Waals surface area (Å²) in [5.41, 5.74) is 0. The van der Waals surface area contributed by atoms with Gasteiger partial charge < -0.3 is 4.74 Å². The molecular formula is C6H13NO3S. The van der Waals surface area contributed by atoms with Gasteiger partial charge in [0.15, 0.2) is 0 Å². The first-order valence-electron chi connectivity index (χ1n) is 3.75. The van der Waals surface area contributed by atoms with Crippen molar-refractivity contribution in [2.45, 2.75) is 19.4 Å². The molecule has 1 fully saturated rings. The molecule has 0 aromatic rings. The van der Waals surface area contributed by atoms with E-state index in [2.05, 4.69) is 0 Å². The molecule has 0 N–H and O–H groups in total. The van der Waals surface area contributed by atoms with Crippen molar-refractivity contribution >= 4 is 10.9 Å². The molecule has 0 bridgehead atoms. The Hall–Kier alpha value is -0.130. The van der Waals surface area contributed by atoms with Gasteiger partial charge in [0, 0.05) is 13.1 Å². The minimum Gasteiger partial charge on any atom is -0.375 e. The number of ether oxygens (including phenoxy) is 1. The summed E-state index contributed by atoms with van der Waals surface area (Å²) in [5, 5.41) is 0. The van der Waals surface area contributed by atoms with Crippen LogP contribution in [0, 0.1) is 0 Å². The van der Waals surface area contributed by atoms with Gasteiger partial charge in [-0.2, -0.15) is 4.31 Å². The highest BCUT2D eigenvalue weighted by Gasteiger charge is 2.19. The van der Waals surface area contributed by atoms with Crippen molar-refractivity contribution < 1.29 is 13.2 Å². The number of hydrogen-bond donors (Lipinski definition) is 1. The van der Waals surface area contributed by atoms with Gasteiger partial charge in [-0.25, -0.2) is 8.42 Å². The number of thiol groups is 1. The third kappa shape index (κ3) is 2.43. The number of nitrogens with zero attached hydrogens (tertiary/aromatic N) is 1. The quantitative estimate of drug-likeness (QED) is 0.588. The highest BCUT2D eigenvalue weighted by atomic mass is 32.2. The van der Waals surface area contributed by atoms with Crippen molar-refractivity contribution in [2.75, 3.05) is 19.7 Å². The lowest BCUT2D eigenvalue weighted by molar-refractivity contribution is -0.00171. The summed E-state index contributed by atoms with van der Waals surface area (Å²) in [5.74, 6) is 0. The van der Waals surface area contributed by atoms with Gasteiger partial charge in [0.05, 0.1) is 12.7 Å². The molecule has 1 heterocycles. The van der Waals surface area contributed by atoms with Crippen LogP contribution in [0.5, 0.6) is 0 Å². The number of hydrogen-bond acceptors (Lipinski definition) is 3. The fourth-order valence-corrected chi connectivity index (χ4v) is 1.66. The van der Waals surface area contributed by atoms with E-state index in [4.69, 9.17) is 4.74 Å². The van der Waals surface area contributed by atoms with Gasteiger partial charge in [-0.05, 0) is 6.42 Å². The Morgan fingerprint density at radius 2 is 2.36 bits per heavy atom. The van der Waals surface area contributed by atoms with Gasteiger partial charge in [0.1, 0.15) is 0 Å². The maximum atomic E-state index is 10.5. The Morgan fingerprint density at radius 1 is 1.64 bits per heavy atom. The molecular weight excluding hydrogens is 166 g/mol. The average Bonchev–Trinajstić information content (AvgIpc) is 2.05. The third-order valence-electron chi connectivity index (χ3n) is 1.80. The molecule has 1 aliphatic rings. The Balaban J connectivity index is 2.45. The molecule has 11 heavy (non-hydrogen) atoms. The SMILES string of the molecule is CCC1CN([SH](=O)=O)CCO1. The largest absolute Gasteiger partial charge is 0.375 e. The molecule has 0 aromatic carbocycles. The van der Waals surface area contributed by atoms with E-state index in [1.165, 1.54) is 4.31 Å². The Morgan fingerprint density at radius 3 is 2.91 bits per heavy atom. The summed E-state index contributed by atoms with van der Waals surface area (Å²) < 4.78 is 27.8. The minimum atomic E-state index is -2.40. The molecule has 0 aromatic heterocycles. The van der Waals surface area contributed by atoms with Gasteiger partial charge in [-0.1, -0.05) is 6.92 Å². The summed E-state index contributed by atoms with van der Waals surface area (Å²) in [6.45, 7) is 3.55. The summed E-state index contributed by atoms with van der Waals surface area (Å²) in [6.07, 6.45) is 0.969. The second-order valence-corrected chi connectivity index (χ2v) is 3.59. The van der Waals surface area contributed by atoms with E-state index in [9.17, 15) is 8.42 Å². The second-order valence-electron chi connectivity index (χ2n) is 2.55. The normalized spacial score (nSPS) is 27.6. The predicted octanol–water partition coefficient (Wildman–Crippen LogP) is -0.376. The smallest absolute Gasteiger partial charge is 0.204 e. The fourth-order valence-electron chi connectivity index (χ4n) is 1.10. The molecule has 0 spiro atoms. The van der Waals surface area contributed by atoms with E-state index in [0.29, 0.717) is 19.7 Å². The molecule has 1 rings (SSSR count). The van der Waals surface area contributed by atoms with Crippen molar-refractivity contribution in [3.8, 4) is 0 Å². The van der Waals surface area contributed by atoms with Gasteiger partial charge in [-0.15, -0.1) is 0 Å².